The zero-order chi connectivity index (χ0) is 15.0. The number of amides is 1. The molecule has 0 radical (unpaired) electrons. The van der Waals surface area contributed by atoms with Crippen molar-refractivity contribution in [2.75, 3.05) is 6.61 Å². The fourth-order valence-corrected chi connectivity index (χ4v) is 3.69. The average Bonchev–Trinajstić information content (AvgIpc) is 2.53. The van der Waals surface area contributed by atoms with Crippen LogP contribution in [0.2, 0.25) is 18.1 Å². The minimum Gasteiger partial charge on any atom is -0.465 e. The number of carbonyl (C=O) groups is 1. The number of rotatable bonds is 3. The Kier molecular flexibility index (Phi) is 4.69. The maximum Gasteiger partial charge on any atom is 0.407 e. The predicted molar refractivity (Wildman–Crippen MR) is 76.9 cm³/mol. The normalized spacial score (nSPS) is 28.8. The lowest BCUT2D eigenvalue weighted by Crippen LogP contribution is -2.48. The summed E-state index contributed by atoms with van der Waals surface area (Å²) in [6.07, 6.45) is -0.516. The van der Waals surface area contributed by atoms with Crippen LogP contribution >= 0.6 is 0 Å². The van der Waals surface area contributed by atoms with E-state index >= 15 is 0 Å². The van der Waals surface area contributed by atoms with Gasteiger partial charge in [-0.3, -0.25) is 4.90 Å². The van der Waals surface area contributed by atoms with Crippen LogP contribution in [0.5, 0.6) is 0 Å². The van der Waals surface area contributed by atoms with Gasteiger partial charge >= 0.3 is 6.09 Å². The van der Waals surface area contributed by atoms with E-state index < -0.39 is 14.4 Å². The summed E-state index contributed by atoms with van der Waals surface area (Å²) in [5.41, 5.74) is 0. The van der Waals surface area contributed by atoms with Crippen molar-refractivity contribution in [3.63, 3.8) is 0 Å². The predicted octanol–water partition coefficient (Wildman–Crippen LogP) is 2.51. The summed E-state index contributed by atoms with van der Waals surface area (Å²) in [7, 11) is -1.92. The van der Waals surface area contributed by atoms with Crippen molar-refractivity contribution in [1.29, 1.82) is 0 Å². The number of aliphatic hydroxyl groups is 1. The third-order valence-electron chi connectivity index (χ3n) is 4.56. The van der Waals surface area contributed by atoms with Crippen LogP contribution in [0.25, 0.3) is 0 Å². The maximum absolute atomic E-state index is 11.3. The average molecular weight is 289 g/mol. The minimum atomic E-state index is -1.92. The zero-order valence-electron chi connectivity index (χ0n) is 12.8. The number of aliphatic hydroxyl groups excluding tert-OH is 1. The molecule has 0 unspecified atom stereocenters. The molecular formula is C13H27NO4Si. The molecule has 1 aliphatic rings. The van der Waals surface area contributed by atoms with E-state index in [0.717, 1.165) is 0 Å². The Hall–Kier alpha value is -0.593. The third kappa shape index (κ3) is 3.30. The molecule has 6 heteroatoms. The largest absolute Gasteiger partial charge is 0.465 e. The van der Waals surface area contributed by atoms with Gasteiger partial charge in [0.15, 0.2) is 8.32 Å². The van der Waals surface area contributed by atoms with Crippen molar-refractivity contribution in [3.8, 4) is 0 Å². The Labute approximate surface area is 116 Å². The molecule has 0 aromatic rings. The number of hydrogen-bond acceptors (Lipinski definition) is 3. The third-order valence-corrected chi connectivity index (χ3v) is 9.06. The van der Waals surface area contributed by atoms with Gasteiger partial charge in [-0.1, -0.05) is 20.8 Å². The zero-order valence-corrected chi connectivity index (χ0v) is 13.8. The van der Waals surface area contributed by atoms with Crippen molar-refractivity contribution in [1.82, 2.24) is 4.90 Å². The molecule has 0 aliphatic carbocycles. The lowest BCUT2D eigenvalue weighted by Gasteiger charge is -2.39. The molecule has 1 heterocycles. The van der Waals surface area contributed by atoms with Crippen molar-refractivity contribution < 1.29 is 19.4 Å². The molecule has 1 fully saturated rings. The summed E-state index contributed by atoms with van der Waals surface area (Å²) in [4.78, 5) is 12.6. The molecule has 2 N–H and O–H groups in total. The molecule has 19 heavy (non-hydrogen) atoms. The second kappa shape index (κ2) is 5.42. The van der Waals surface area contributed by atoms with Gasteiger partial charge in [0.25, 0.3) is 0 Å². The lowest BCUT2D eigenvalue weighted by molar-refractivity contribution is 0.0911. The van der Waals surface area contributed by atoms with E-state index in [9.17, 15) is 15.0 Å². The second-order valence-electron chi connectivity index (χ2n) is 6.92. The van der Waals surface area contributed by atoms with Crippen LogP contribution in [0.15, 0.2) is 0 Å². The molecule has 112 valence electrons. The van der Waals surface area contributed by atoms with Crippen molar-refractivity contribution in [3.05, 3.63) is 0 Å². The molecule has 1 amide bonds. The quantitative estimate of drug-likeness (QED) is 0.783. The van der Waals surface area contributed by atoms with E-state index in [2.05, 4.69) is 33.9 Å². The van der Waals surface area contributed by atoms with E-state index in [4.69, 9.17) is 4.43 Å². The maximum atomic E-state index is 11.3. The van der Waals surface area contributed by atoms with Crippen LogP contribution in [0.4, 0.5) is 4.79 Å². The van der Waals surface area contributed by atoms with Crippen LogP contribution < -0.4 is 0 Å². The first-order valence-corrected chi connectivity index (χ1v) is 9.72. The number of hydrogen-bond donors (Lipinski definition) is 2. The molecule has 0 aromatic heterocycles. The Morgan fingerprint density at radius 3 is 2.26 bits per heavy atom. The highest BCUT2D eigenvalue weighted by Crippen LogP contribution is 2.40. The smallest absolute Gasteiger partial charge is 0.407 e. The van der Waals surface area contributed by atoms with Crippen molar-refractivity contribution in [2.24, 2.45) is 0 Å². The summed E-state index contributed by atoms with van der Waals surface area (Å²) >= 11 is 0. The van der Waals surface area contributed by atoms with E-state index in [-0.39, 0.29) is 29.8 Å². The second-order valence-corrected chi connectivity index (χ2v) is 11.7. The van der Waals surface area contributed by atoms with Gasteiger partial charge in [-0.05, 0) is 31.5 Å². The molecule has 5 nitrogen and oxygen atoms in total. The first-order valence-electron chi connectivity index (χ1n) is 6.81. The van der Waals surface area contributed by atoms with Gasteiger partial charge in [0.2, 0.25) is 0 Å². The van der Waals surface area contributed by atoms with Crippen LogP contribution in [0.3, 0.4) is 0 Å². The molecule has 0 saturated carbocycles. The lowest BCUT2D eigenvalue weighted by atomic mass is 10.2. The monoisotopic (exact) mass is 289 g/mol. The van der Waals surface area contributed by atoms with Crippen LogP contribution in [-0.4, -0.2) is 54.3 Å². The van der Waals surface area contributed by atoms with Gasteiger partial charge in [-0.25, -0.2) is 4.79 Å². The summed E-state index contributed by atoms with van der Waals surface area (Å²) < 4.78 is 6.31. The van der Waals surface area contributed by atoms with E-state index in [1.54, 1.807) is 0 Å². The van der Waals surface area contributed by atoms with Crippen molar-refractivity contribution >= 4 is 14.4 Å². The topological polar surface area (TPSA) is 70.0 Å². The van der Waals surface area contributed by atoms with Gasteiger partial charge in [-0.2, -0.15) is 0 Å². The van der Waals surface area contributed by atoms with Gasteiger partial charge in [0, 0.05) is 0 Å². The van der Waals surface area contributed by atoms with Crippen LogP contribution in [-0.2, 0) is 4.43 Å². The van der Waals surface area contributed by atoms with Gasteiger partial charge < -0.3 is 14.6 Å². The number of carboxylic acid groups (broad SMARTS) is 1. The molecule has 0 spiro atoms. The van der Waals surface area contributed by atoms with E-state index in [1.807, 2.05) is 6.92 Å². The first-order chi connectivity index (χ1) is 8.51. The molecule has 3 atom stereocenters. The molecule has 1 saturated heterocycles. The van der Waals surface area contributed by atoms with Crippen molar-refractivity contribution in [2.45, 2.75) is 70.4 Å². The Morgan fingerprint density at radius 2 is 1.95 bits per heavy atom. The summed E-state index contributed by atoms with van der Waals surface area (Å²) in [5, 5.41) is 18.7. The van der Waals surface area contributed by atoms with Crippen LogP contribution in [0, 0.1) is 0 Å². The minimum absolute atomic E-state index is 0.0953. The standard InChI is InChI=1S/C13H27NO4Si/c1-9-11(18-19(5,6)13(2,3)4)7-10(8-15)14(9)12(16)17/h9-11,15H,7-8H2,1-6H3,(H,16,17)/t9-,10+,11-/m1/s1. The SMILES string of the molecule is C[C@@H]1[C@H](O[Si](C)(C)C(C)(C)C)C[C@@H](CO)N1C(=O)O. The number of nitrogens with zero attached hydrogens (tertiary/aromatic N) is 1. The van der Waals surface area contributed by atoms with Gasteiger partial charge in [0.05, 0.1) is 24.8 Å². The highest BCUT2D eigenvalue weighted by atomic mass is 28.4. The molecule has 0 aromatic carbocycles. The van der Waals surface area contributed by atoms with Gasteiger partial charge in [0.1, 0.15) is 0 Å². The molecule has 1 rings (SSSR count). The molecular weight excluding hydrogens is 262 g/mol. The van der Waals surface area contributed by atoms with E-state index in [0.29, 0.717) is 6.42 Å². The number of likely N-dealkylation sites (tertiary alicyclic amines) is 1. The van der Waals surface area contributed by atoms with E-state index in [1.165, 1.54) is 4.90 Å². The highest BCUT2D eigenvalue weighted by Gasteiger charge is 2.47. The molecule has 1 aliphatic heterocycles. The fourth-order valence-electron chi connectivity index (χ4n) is 2.29. The Morgan fingerprint density at radius 1 is 1.42 bits per heavy atom. The summed E-state index contributed by atoms with van der Waals surface area (Å²) in [6, 6.07) is -0.550. The Balaban J connectivity index is 2.85. The summed E-state index contributed by atoms with van der Waals surface area (Å²) in [5.74, 6) is 0. The molecule has 0 bridgehead atoms. The Bertz CT molecular complexity index is 340. The first kappa shape index (κ1) is 16.5. The van der Waals surface area contributed by atoms with Crippen LogP contribution in [0.1, 0.15) is 34.1 Å². The van der Waals surface area contributed by atoms with Gasteiger partial charge in [-0.15, -0.1) is 0 Å². The summed E-state index contributed by atoms with van der Waals surface area (Å²) in [6.45, 7) is 12.5. The fraction of sp³-hybridized carbons (Fsp3) is 0.923. The highest BCUT2D eigenvalue weighted by molar-refractivity contribution is 6.74.